The molecule has 1 aliphatic heterocycles. The van der Waals surface area contributed by atoms with Crippen LogP contribution in [0.5, 0.6) is 11.5 Å². The van der Waals surface area contributed by atoms with Crippen LogP contribution in [0, 0.1) is 0 Å². The SMILES string of the molecule is CCCCCC[C@H](C)N1C(=O)c2ccc(C(=O)Oc3ccc(-c4ccc(OCCCC)cc4)cc3)cc2C1=O. The maximum atomic E-state index is 13.1. The van der Waals surface area contributed by atoms with Gasteiger partial charge in [-0.1, -0.05) is 70.2 Å². The first-order chi connectivity index (χ1) is 18.9. The number of ether oxygens (including phenoxy) is 2. The third-order valence-corrected chi connectivity index (χ3v) is 7.09. The Morgan fingerprint density at radius 2 is 1.36 bits per heavy atom. The molecule has 0 radical (unpaired) electrons. The highest BCUT2D eigenvalue weighted by atomic mass is 16.5. The van der Waals surface area contributed by atoms with E-state index in [4.69, 9.17) is 9.47 Å². The van der Waals surface area contributed by atoms with Crippen LogP contribution in [-0.4, -0.2) is 35.3 Å². The molecule has 204 valence electrons. The second-order valence-electron chi connectivity index (χ2n) is 10.1. The molecule has 39 heavy (non-hydrogen) atoms. The lowest BCUT2D eigenvalue weighted by Crippen LogP contribution is -2.37. The minimum absolute atomic E-state index is 0.187. The van der Waals surface area contributed by atoms with Crippen molar-refractivity contribution in [3.8, 4) is 22.6 Å². The van der Waals surface area contributed by atoms with Gasteiger partial charge in [-0.05, 0) is 73.4 Å². The van der Waals surface area contributed by atoms with Crippen molar-refractivity contribution in [3.63, 3.8) is 0 Å². The van der Waals surface area contributed by atoms with Crippen LogP contribution in [-0.2, 0) is 0 Å². The topological polar surface area (TPSA) is 72.9 Å². The number of hydrogen-bond donors (Lipinski definition) is 0. The number of hydrogen-bond acceptors (Lipinski definition) is 5. The molecule has 0 aliphatic carbocycles. The Kier molecular flexibility index (Phi) is 9.53. The molecular formula is C33H37NO5. The van der Waals surface area contributed by atoms with E-state index in [0.29, 0.717) is 17.9 Å². The highest BCUT2D eigenvalue weighted by Gasteiger charge is 2.38. The van der Waals surface area contributed by atoms with E-state index in [0.717, 1.165) is 61.8 Å². The van der Waals surface area contributed by atoms with E-state index >= 15 is 0 Å². The zero-order valence-corrected chi connectivity index (χ0v) is 23.1. The summed E-state index contributed by atoms with van der Waals surface area (Å²) >= 11 is 0. The Balaban J connectivity index is 1.38. The molecule has 0 spiro atoms. The molecule has 0 aromatic heterocycles. The van der Waals surface area contributed by atoms with Crippen molar-refractivity contribution in [2.24, 2.45) is 0 Å². The third kappa shape index (κ3) is 6.75. The minimum Gasteiger partial charge on any atom is -0.494 e. The Labute approximate surface area is 230 Å². The predicted octanol–water partition coefficient (Wildman–Crippen LogP) is 7.71. The summed E-state index contributed by atoms with van der Waals surface area (Å²) in [7, 11) is 0. The predicted molar refractivity (Wildman–Crippen MR) is 152 cm³/mol. The van der Waals surface area contributed by atoms with Crippen LogP contribution in [0.3, 0.4) is 0 Å². The maximum absolute atomic E-state index is 13.1. The molecule has 3 aromatic rings. The fourth-order valence-electron chi connectivity index (χ4n) is 4.74. The standard InChI is InChI=1S/C33H37NO5/c1-4-6-8-9-10-23(3)34-31(35)29-20-15-26(22-30(29)32(34)36)33(37)39-28-18-13-25(14-19-28)24-11-16-27(17-12-24)38-21-7-5-2/h11-20,22-23H,4-10,21H2,1-3H3/t23-/m0/s1. The number of nitrogens with zero attached hydrogens (tertiary/aromatic N) is 1. The number of imide groups is 1. The molecule has 0 N–H and O–H groups in total. The second kappa shape index (κ2) is 13.2. The van der Waals surface area contributed by atoms with Gasteiger partial charge in [-0.25, -0.2) is 4.79 Å². The third-order valence-electron chi connectivity index (χ3n) is 7.09. The summed E-state index contributed by atoms with van der Waals surface area (Å²) in [4.78, 5) is 40.2. The number of amides is 2. The normalized spacial score (nSPS) is 13.4. The van der Waals surface area contributed by atoms with Crippen molar-refractivity contribution in [2.45, 2.75) is 71.8 Å². The summed E-state index contributed by atoms with van der Waals surface area (Å²) in [5, 5.41) is 0. The fourth-order valence-corrected chi connectivity index (χ4v) is 4.74. The van der Waals surface area contributed by atoms with E-state index in [1.807, 2.05) is 43.3 Å². The van der Waals surface area contributed by atoms with E-state index in [1.54, 1.807) is 24.3 Å². The number of carbonyl (C=O) groups excluding carboxylic acids is 3. The minimum atomic E-state index is -0.578. The lowest BCUT2D eigenvalue weighted by molar-refractivity contribution is 0.0587. The van der Waals surface area contributed by atoms with Gasteiger partial charge in [-0.3, -0.25) is 14.5 Å². The number of unbranched alkanes of at least 4 members (excludes halogenated alkanes) is 4. The summed E-state index contributed by atoms with van der Waals surface area (Å²) in [6.45, 7) is 6.90. The van der Waals surface area contributed by atoms with Crippen molar-refractivity contribution in [3.05, 3.63) is 83.4 Å². The van der Waals surface area contributed by atoms with E-state index < -0.39 is 5.97 Å². The number of rotatable bonds is 13. The van der Waals surface area contributed by atoms with Gasteiger partial charge in [0.25, 0.3) is 11.8 Å². The Hall–Kier alpha value is -3.93. The molecule has 0 saturated heterocycles. The van der Waals surface area contributed by atoms with Crippen LogP contribution in [0.15, 0.2) is 66.7 Å². The molecule has 1 aliphatic rings. The first-order valence-electron chi connectivity index (χ1n) is 14.0. The molecule has 0 saturated carbocycles. The number of fused-ring (bicyclic) bond motifs is 1. The highest BCUT2D eigenvalue weighted by molar-refractivity contribution is 6.22. The quantitative estimate of drug-likeness (QED) is 0.0985. The van der Waals surface area contributed by atoms with Crippen LogP contribution >= 0.6 is 0 Å². The Morgan fingerprint density at radius 1 is 0.744 bits per heavy atom. The summed E-state index contributed by atoms with van der Waals surface area (Å²) < 4.78 is 11.3. The van der Waals surface area contributed by atoms with Gasteiger partial charge in [-0.15, -0.1) is 0 Å². The molecule has 4 rings (SSSR count). The number of benzene rings is 3. The van der Waals surface area contributed by atoms with Crippen LogP contribution in [0.2, 0.25) is 0 Å². The van der Waals surface area contributed by atoms with Gasteiger partial charge in [-0.2, -0.15) is 0 Å². The molecule has 0 unspecified atom stereocenters. The van der Waals surface area contributed by atoms with E-state index in [-0.39, 0.29) is 29.0 Å². The smallest absolute Gasteiger partial charge is 0.343 e. The monoisotopic (exact) mass is 527 g/mol. The molecular weight excluding hydrogens is 490 g/mol. The zero-order chi connectivity index (χ0) is 27.8. The largest absolute Gasteiger partial charge is 0.494 e. The molecule has 6 heteroatoms. The van der Waals surface area contributed by atoms with Crippen LogP contribution < -0.4 is 9.47 Å². The van der Waals surface area contributed by atoms with E-state index in [1.165, 1.54) is 11.0 Å². The average Bonchev–Trinajstić information content (AvgIpc) is 3.21. The molecule has 3 aromatic carbocycles. The first-order valence-corrected chi connectivity index (χ1v) is 14.0. The zero-order valence-electron chi connectivity index (χ0n) is 23.1. The maximum Gasteiger partial charge on any atom is 0.343 e. The van der Waals surface area contributed by atoms with Gasteiger partial charge in [0.05, 0.1) is 23.3 Å². The fraction of sp³-hybridized carbons (Fsp3) is 0.364. The Bertz CT molecular complexity index is 1300. The summed E-state index contributed by atoms with van der Waals surface area (Å²) in [6.07, 6.45) is 7.22. The summed E-state index contributed by atoms with van der Waals surface area (Å²) in [6, 6.07) is 19.5. The van der Waals surface area contributed by atoms with Crippen molar-refractivity contribution < 1.29 is 23.9 Å². The van der Waals surface area contributed by atoms with Gasteiger partial charge in [0.2, 0.25) is 0 Å². The lowest BCUT2D eigenvalue weighted by Gasteiger charge is -2.22. The first kappa shape index (κ1) is 28.1. The van der Waals surface area contributed by atoms with Crippen molar-refractivity contribution in [2.75, 3.05) is 6.61 Å². The second-order valence-corrected chi connectivity index (χ2v) is 10.1. The molecule has 1 heterocycles. The van der Waals surface area contributed by atoms with Gasteiger partial charge in [0.15, 0.2) is 0 Å². The van der Waals surface area contributed by atoms with Crippen LogP contribution in [0.25, 0.3) is 11.1 Å². The highest BCUT2D eigenvalue weighted by Crippen LogP contribution is 2.29. The van der Waals surface area contributed by atoms with Gasteiger partial charge < -0.3 is 9.47 Å². The Morgan fingerprint density at radius 3 is 2.00 bits per heavy atom. The van der Waals surface area contributed by atoms with Gasteiger partial charge >= 0.3 is 5.97 Å². The molecule has 0 bridgehead atoms. The van der Waals surface area contributed by atoms with Crippen LogP contribution in [0.4, 0.5) is 0 Å². The molecule has 6 nitrogen and oxygen atoms in total. The molecule has 0 fully saturated rings. The summed E-state index contributed by atoms with van der Waals surface area (Å²) in [5.41, 5.74) is 2.84. The molecule has 1 atom stereocenters. The van der Waals surface area contributed by atoms with Crippen molar-refractivity contribution in [1.82, 2.24) is 4.90 Å². The van der Waals surface area contributed by atoms with Crippen molar-refractivity contribution >= 4 is 17.8 Å². The van der Waals surface area contributed by atoms with E-state index in [2.05, 4.69) is 13.8 Å². The average molecular weight is 528 g/mol. The molecule has 2 amide bonds. The number of carbonyl (C=O) groups is 3. The van der Waals surface area contributed by atoms with E-state index in [9.17, 15) is 14.4 Å². The van der Waals surface area contributed by atoms with Gasteiger partial charge in [0, 0.05) is 6.04 Å². The van der Waals surface area contributed by atoms with Crippen molar-refractivity contribution in [1.29, 1.82) is 0 Å². The lowest BCUT2D eigenvalue weighted by atomic mass is 10.1. The summed E-state index contributed by atoms with van der Waals surface area (Å²) in [5.74, 6) is 0.0172. The van der Waals surface area contributed by atoms with Gasteiger partial charge in [0.1, 0.15) is 11.5 Å². The van der Waals surface area contributed by atoms with Crippen LogP contribution in [0.1, 0.15) is 96.8 Å². The number of esters is 1.